The van der Waals surface area contributed by atoms with Gasteiger partial charge in [0, 0.05) is 19.2 Å². The standard InChI is InChI=1S/C19H22N2O6/c1-21(11-17(22)20-14-4-5-14)18(23)12-27-19(24)7-3-13-2-6-15-16(10-13)26-9-8-25-15/h2-3,6-7,10,14H,4-5,8-9,11-12H2,1H3,(H,20,22)/b7-3+. The molecule has 0 atom stereocenters. The van der Waals surface area contributed by atoms with Gasteiger partial charge < -0.3 is 24.4 Å². The van der Waals surface area contributed by atoms with Crippen molar-refractivity contribution in [2.45, 2.75) is 18.9 Å². The lowest BCUT2D eigenvalue weighted by Crippen LogP contribution is -2.40. The van der Waals surface area contributed by atoms with Crippen LogP contribution in [0.4, 0.5) is 0 Å². The smallest absolute Gasteiger partial charge is 0.331 e. The van der Waals surface area contributed by atoms with Crippen LogP contribution in [0, 0.1) is 0 Å². The van der Waals surface area contributed by atoms with Crippen molar-refractivity contribution >= 4 is 23.9 Å². The third kappa shape index (κ3) is 5.73. The third-order valence-corrected chi connectivity index (χ3v) is 4.06. The van der Waals surface area contributed by atoms with Gasteiger partial charge in [0.2, 0.25) is 5.91 Å². The van der Waals surface area contributed by atoms with Crippen LogP contribution < -0.4 is 14.8 Å². The maximum atomic E-state index is 11.9. The van der Waals surface area contributed by atoms with Gasteiger partial charge in [-0.25, -0.2) is 4.79 Å². The summed E-state index contributed by atoms with van der Waals surface area (Å²) in [4.78, 5) is 36.6. The van der Waals surface area contributed by atoms with E-state index in [4.69, 9.17) is 14.2 Å². The van der Waals surface area contributed by atoms with E-state index in [1.54, 1.807) is 24.3 Å². The number of hydrogen-bond donors (Lipinski definition) is 1. The van der Waals surface area contributed by atoms with Crippen LogP contribution in [0.25, 0.3) is 6.08 Å². The molecule has 1 N–H and O–H groups in total. The molecule has 8 heteroatoms. The molecule has 2 amide bonds. The van der Waals surface area contributed by atoms with Crippen LogP contribution in [0.1, 0.15) is 18.4 Å². The Balaban J connectivity index is 1.42. The average Bonchev–Trinajstić information content (AvgIpc) is 3.47. The van der Waals surface area contributed by atoms with Crippen LogP contribution in [-0.4, -0.2) is 62.1 Å². The zero-order valence-electron chi connectivity index (χ0n) is 15.1. The molecule has 0 saturated heterocycles. The molecule has 1 aliphatic carbocycles. The monoisotopic (exact) mass is 374 g/mol. The van der Waals surface area contributed by atoms with E-state index in [0.29, 0.717) is 24.7 Å². The average molecular weight is 374 g/mol. The van der Waals surface area contributed by atoms with E-state index in [1.165, 1.54) is 18.0 Å². The molecular formula is C19H22N2O6. The Morgan fingerprint density at radius 1 is 1.22 bits per heavy atom. The normalized spacial score (nSPS) is 15.3. The molecule has 2 aliphatic rings. The van der Waals surface area contributed by atoms with Gasteiger partial charge in [-0.2, -0.15) is 0 Å². The maximum Gasteiger partial charge on any atom is 0.331 e. The Morgan fingerprint density at radius 3 is 2.70 bits per heavy atom. The summed E-state index contributed by atoms with van der Waals surface area (Å²) in [5.41, 5.74) is 0.747. The Hall–Kier alpha value is -3.03. The Labute approximate surface area is 157 Å². The first-order valence-electron chi connectivity index (χ1n) is 8.79. The van der Waals surface area contributed by atoms with E-state index in [0.717, 1.165) is 18.4 Å². The molecule has 1 saturated carbocycles. The number of rotatable bonds is 7. The summed E-state index contributed by atoms with van der Waals surface area (Å²) >= 11 is 0. The van der Waals surface area contributed by atoms with Gasteiger partial charge >= 0.3 is 5.97 Å². The van der Waals surface area contributed by atoms with Crippen LogP contribution >= 0.6 is 0 Å². The first kappa shape index (κ1) is 18.8. The van der Waals surface area contributed by atoms with Crippen LogP contribution in [0.2, 0.25) is 0 Å². The second kappa shape index (κ2) is 8.57. The third-order valence-electron chi connectivity index (χ3n) is 4.06. The molecule has 0 radical (unpaired) electrons. The van der Waals surface area contributed by atoms with Gasteiger partial charge in [0.15, 0.2) is 18.1 Å². The molecule has 1 aromatic rings. The van der Waals surface area contributed by atoms with E-state index < -0.39 is 18.5 Å². The SMILES string of the molecule is CN(CC(=O)NC1CC1)C(=O)COC(=O)/C=C/c1ccc2c(c1)OCCO2. The zero-order chi connectivity index (χ0) is 19.2. The molecule has 0 spiro atoms. The molecule has 0 bridgehead atoms. The van der Waals surface area contributed by atoms with E-state index in [1.807, 2.05) is 0 Å². The minimum Gasteiger partial charge on any atom is -0.486 e. The number of esters is 1. The Bertz CT molecular complexity index is 757. The fraction of sp³-hybridized carbons (Fsp3) is 0.421. The molecule has 144 valence electrons. The van der Waals surface area contributed by atoms with E-state index >= 15 is 0 Å². The van der Waals surface area contributed by atoms with Gasteiger partial charge in [0.05, 0.1) is 6.54 Å². The minimum absolute atomic E-state index is 0.0556. The van der Waals surface area contributed by atoms with Crippen molar-refractivity contribution in [3.05, 3.63) is 29.8 Å². The van der Waals surface area contributed by atoms with E-state index in [2.05, 4.69) is 5.32 Å². The molecule has 27 heavy (non-hydrogen) atoms. The molecule has 3 rings (SSSR count). The van der Waals surface area contributed by atoms with Crippen molar-refractivity contribution < 1.29 is 28.6 Å². The van der Waals surface area contributed by atoms with Gasteiger partial charge in [-0.1, -0.05) is 6.07 Å². The lowest BCUT2D eigenvalue weighted by atomic mass is 10.2. The molecule has 1 aromatic carbocycles. The van der Waals surface area contributed by atoms with Crippen molar-refractivity contribution in [3.8, 4) is 11.5 Å². The highest BCUT2D eigenvalue weighted by molar-refractivity contribution is 5.90. The van der Waals surface area contributed by atoms with Gasteiger partial charge in [-0.15, -0.1) is 0 Å². The van der Waals surface area contributed by atoms with Crippen molar-refractivity contribution in [2.75, 3.05) is 33.4 Å². The summed E-state index contributed by atoms with van der Waals surface area (Å²) in [6.45, 7) is 0.521. The van der Waals surface area contributed by atoms with Crippen molar-refractivity contribution in [2.24, 2.45) is 0 Å². The van der Waals surface area contributed by atoms with Crippen LogP contribution in [0.15, 0.2) is 24.3 Å². The summed E-state index contributed by atoms with van der Waals surface area (Å²) in [6, 6.07) is 5.55. The molecule has 1 heterocycles. The number of benzene rings is 1. The van der Waals surface area contributed by atoms with E-state index in [-0.39, 0.29) is 18.5 Å². The molecule has 1 fully saturated rings. The van der Waals surface area contributed by atoms with Gasteiger partial charge in [0.1, 0.15) is 13.2 Å². The topological polar surface area (TPSA) is 94.2 Å². The number of carbonyl (C=O) groups excluding carboxylic acids is 3. The molecule has 0 unspecified atom stereocenters. The zero-order valence-corrected chi connectivity index (χ0v) is 15.1. The lowest BCUT2D eigenvalue weighted by Gasteiger charge is -2.18. The summed E-state index contributed by atoms with van der Waals surface area (Å²) in [5.74, 6) is -0.00680. The minimum atomic E-state index is -0.644. The number of nitrogens with one attached hydrogen (secondary N) is 1. The summed E-state index contributed by atoms with van der Waals surface area (Å²) < 4.78 is 15.8. The predicted octanol–water partition coefficient (Wildman–Crippen LogP) is 0.751. The molecule has 0 aromatic heterocycles. The van der Waals surface area contributed by atoms with Gasteiger partial charge in [-0.05, 0) is 36.6 Å². The summed E-state index contributed by atoms with van der Waals surface area (Å²) in [6.07, 6.45) is 4.77. The number of fused-ring (bicyclic) bond motifs is 1. The summed E-state index contributed by atoms with van der Waals surface area (Å²) in [5, 5.41) is 2.79. The Kier molecular flexibility index (Phi) is 5.95. The quantitative estimate of drug-likeness (QED) is 0.559. The number of amides is 2. The fourth-order valence-electron chi connectivity index (χ4n) is 2.42. The van der Waals surface area contributed by atoms with Crippen molar-refractivity contribution in [3.63, 3.8) is 0 Å². The van der Waals surface area contributed by atoms with E-state index in [9.17, 15) is 14.4 Å². The number of nitrogens with zero attached hydrogens (tertiary/aromatic N) is 1. The first-order chi connectivity index (χ1) is 13.0. The fourth-order valence-corrected chi connectivity index (χ4v) is 2.42. The second-order valence-corrected chi connectivity index (χ2v) is 6.44. The molecular weight excluding hydrogens is 352 g/mol. The van der Waals surface area contributed by atoms with Gasteiger partial charge in [0.25, 0.3) is 5.91 Å². The number of likely N-dealkylation sites (N-methyl/N-ethyl adjacent to an activating group) is 1. The first-order valence-corrected chi connectivity index (χ1v) is 8.79. The summed E-state index contributed by atoms with van der Waals surface area (Å²) in [7, 11) is 1.49. The van der Waals surface area contributed by atoms with Crippen LogP contribution in [0.3, 0.4) is 0 Å². The van der Waals surface area contributed by atoms with Crippen LogP contribution in [-0.2, 0) is 19.1 Å². The highest BCUT2D eigenvalue weighted by Crippen LogP contribution is 2.31. The number of hydrogen-bond acceptors (Lipinski definition) is 6. The predicted molar refractivity (Wildman–Crippen MR) is 96.2 cm³/mol. The largest absolute Gasteiger partial charge is 0.486 e. The molecule has 8 nitrogen and oxygen atoms in total. The highest BCUT2D eigenvalue weighted by atomic mass is 16.6. The van der Waals surface area contributed by atoms with Crippen LogP contribution in [0.5, 0.6) is 11.5 Å². The second-order valence-electron chi connectivity index (χ2n) is 6.44. The highest BCUT2D eigenvalue weighted by Gasteiger charge is 2.24. The van der Waals surface area contributed by atoms with Crippen molar-refractivity contribution in [1.82, 2.24) is 10.2 Å². The van der Waals surface area contributed by atoms with Gasteiger partial charge in [-0.3, -0.25) is 9.59 Å². The Morgan fingerprint density at radius 2 is 1.96 bits per heavy atom. The number of carbonyl (C=O) groups is 3. The number of ether oxygens (including phenoxy) is 3. The maximum absolute atomic E-state index is 11.9. The lowest BCUT2D eigenvalue weighted by molar-refractivity contribution is -0.148. The van der Waals surface area contributed by atoms with Crippen molar-refractivity contribution in [1.29, 1.82) is 0 Å². The molecule has 1 aliphatic heterocycles.